The highest BCUT2D eigenvalue weighted by atomic mass is 35.5. The van der Waals surface area contributed by atoms with Crippen molar-refractivity contribution < 1.29 is 4.39 Å². The number of hydrogen-bond acceptors (Lipinski definition) is 7. The molecule has 0 saturated carbocycles. The predicted octanol–water partition coefficient (Wildman–Crippen LogP) is 4.84. The number of rotatable bonds is 6. The summed E-state index contributed by atoms with van der Waals surface area (Å²) >= 11 is 6.00. The standard InChI is InChI=1S/C21H21ClFN7/c22-16-6-4-5-15(13-16)14-24-29-20-26-19(25-18-9-7-17(23)8-10-18)27-21(28-20)30-11-2-1-3-12-30/h4-10,13-14H,1-3,11-12H2,(H2,25,26,27,28,29)/b24-14-. The van der Waals surface area contributed by atoms with Gasteiger partial charge >= 0.3 is 0 Å². The van der Waals surface area contributed by atoms with Crippen LogP contribution in [0.4, 0.5) is 27.9 Å². The number of aromatic nitrogens is 3. The van der Waals surface area contributed by atoms with Gasteiger partial charge < -0.3 is 10.2 Å². The smallest absolute Gasteiger partial charge is 0.250 e. The van der Waals surface area contributed by atoms with E-state index in [4.69, 9.17) is 11.6 Å². The van der Waals surface area contributed by atoms with E-state index in [1.807, 2.05) is 12.1 Å². The van der Waals surface area contributed by atoms with Crippen molar-refractivity contribution in [1.29, 1.82) is 0 Å². The van der Waals surface area contributed by atoms with Gasteiger partial charge in [0, 0.05) is 23.8 Å². The van der Waals surface area contributed by atoms with Gasteiger partial charge in [-0.15, -0.1) is 0 Å². The zero-order valence-corrected chi connectivity index (χ0v) is 17.0. The number of nitrogens with zero attached hydrogens (tertiary/aromatic N) is 5. The molecule has 2 heterocycles. The molecule has 0 spiro atoms. The van der Waals surface area contributed by atoms with Gasteiger partial charge in [-0.1, -0.05) is 23.7 Å². The Hall–Kier alpha value is -3.26. The van der Waals surface area contributed by atoms with Gasteiger partial charge in [-0.2, -0.15) is 20.1 Å². The molecular formula is C21H21ClFN7. The lowest BCUT2D eigenvalue weighted by Crippen LogP contribution is -2.31. The van der Waals surface area contributed by atoms with Gasteiger partial charge in [0.15, 0.2) is 0 Å². The van der Waals surface area contributed by atoms with Crippen molar-refractivity contribution in [3.05, 3.63) is 64.9 Å². The van der Waals surface area contributed by atoms with Crippen LogP contribution in [-0.2, 0) is 0 Å². The van der Waals surface area contributed by atoms with Crippen LogP contribution >= 0.6 is 11.6 Å². The maximum absolute atomic E-state index is 13.2. The van der Waals surface area contributed by atoms with Gasteiger partial charge in [-0.05, 0) is 61.2 Å². The summed E-state index contributed by atoms with van der Waals surface area (Å²) in [5, 5.41) is 7.95. The topological polar surface area (TPSA) is 78.3 Å². The quantitative estimate of drug-likeness (QED) is 0.434. The summed E-state index contributed by atoms with van der Waals surface area (Å²) in [6, 6.07) is 13.4. The fourth-order valence-corrected chi connectivity index (χ4v) is 3.32. The van der Waals surface area contributed by atoms with Crippen LogP contribution in [0, 0.1) is 5.82 Å². The molecule has 154 valence electrons. The molecule has 0 unspecified atom stereocenters. The van der Waals surface area contributed by atoms with E-state index in [0.29, 0.717) is 28.6 Å². The van der Waals surface area contributed by atoms with Crippen molar-refractivity contribution in [2.24, 2.45) is 5.10 Å². The second kappa shape index (κ2) is 9.49. The normalized spacial score (nSPS) is 14.1. The molecule has 2 aromatic carbocycles. The van der Waals surface area contributed by atoms with E-state index in [9.17, 15) is 4.39 Å². The van der Waals surface area contributed by atoms with E-state index in [2.05, 4.69) is 35.7 Å². The molecule has 1 fully saturated rings. The third-order valence-electron chi connectivity index (χ3n) is 4.59. The molecule has 0 amide bonds. The number of benzene rings is 2. The first-order valence-corrected chi connectivity index (χ1v) is 10.1. The van der Waals surface area contributed by atoms with Crippen LogP contribution in [0.25, 0.3) is 0 Å². The number of halogens is 2. The molecule has 1 aliphatic heterocycles. The fourth-order valence-electron chi connectivity index (χ4n) is 3.12. The van der Waals surface area contributed by atoms with Gasteiger partial charge in [-0.25, -0.2) is 9.82 Å². The van der Waals surface area contributed by atoms with Crippen LogP contribution in [0.3, 0.4) is 0 Å². The molecule has 1 aromatic heterocycles. The van der Waals surface area contributed by atoms with Gasteiger partial charge in [-0.3, -0.25) is 0 Å². The molecule has 30 heavy (non-hydrogen) atoms. The number of piperidine rings is 1. The Morgan fingerprint density at radius 2 is 1.73 bits per heavy atom. The van der Waals surface area contributed by atoms with Crippen molar-refractivity contribution in [1.82, 2.24) is 15.0 Å². The Labute approximate surface area is 179 Å². The molecule has 3 aromatic rings. The largest absolute Gasteiger partial charge is 0.341 e. The second-order valence-electron chi connectivity index (χ2n) is 6.89. The van der Waals surface area contributed by atoms with Gasteiger partial charge in [0.2, 0.25) is 17.8 Å². The minimum atomic E-state index is -0.303. The third-order valence-corrected chi connectivity index (χ3v) is 4.82. The molecule has 1 aliphatic rings. The maximum atomic E-state index is 13.2. The molecule has 9 heteroatoms. The predicted molar refractivity (Wildman–Crippen MR) is 118 cm³/mol. The molecule has 1 saturated heterocycles. The second-order valence-corrected chi connectivity index (χ2v) is 7.32. The van der Waals surface area contributed by atoms with Crippen LogP contribution < -0.4 is 15.6 Å². The number of hydrazone groups is 1. The van der Waals surface area contributed by atoms with Gasteiger partial charge in [0.05, 0.1) is 6.21 Å². The minimum Gasteiger partial charge on any atom is -0.341 e. The number of anilines is 4. The first kappa shape index (κ1) is 20.0. The monoisotopic (exact) mass is 425 g/mol. The Kier molecular flexibility index (Phi) is 6.34. The SMILES string of the molecule is Fc1ccc(Nc2nc(N/N=C\c3cccc(Cl)c3)nc(N3CCCCC3)n2)cc1. The van der Waals surface area contributed by atoms with E-state index in [0.717, 1.165) is 31.5 Å². The number of nitrogens with one attached hydrogen (secondary N) is 2. The van der Waals surface area contributed by atoms with Crippen LogP contribution in [0.2, 0.25) is 5.02 Å². The Morgan fingerprint density at radius 1 is 0.967 bits per heavy atom. The Morgan fingerprint density at radius 3 is 2.50 bits per heavy atom. The molecule has 0 bridgehead atoms. The van der Waals surface area contributed by atoms with Crippen molar-refractivity contribution in [3.63, 3.8) is 0 Å². The minimum absolute atomic E-state index is 0.303. The molecule has 4 rings (SSSR count). The molecule has 0 aliphatic carbocycles. The molecule has 0 radical (unpaired) electrons. The summed E-state index contributed by atoms with van der Waals surface area (Å²) < 4.78 is 13.2. The molecule has 0 atom stereocenters. The van der Waals surface area contributed by atoms with Crippen LogP contribution in [0.5, 0.6) is 0 Å². The van der Waals surface area contributed by atoms with Crippen molar-refractivity contribution in [2.45, 2.75) is 19.3 Å². The van der Waals surface area contributed by atoms with Gasteiger partial charge in [0.25, 0.3) is 0 Å². The van der Waals surface area contributed by atoms with Crippen LogP contribution in [-0.4, -0.2) is 34.3 Å². The summed E-state index contributed by atoms with van der Waals surface area (Å²) in [4.78, 5) is 15.6. The highest BCUT2D eigenvalue weighted by Gasteiger charge is 2.16. The van der Waals surface area contributed by atoms with E-state index in [1.165, 1.54) is 18.6 Å². The third kappa shape index (κ3) is 5.42. The Balaban J connectivity index is 1.56. The first-order chi connectivity index (χ1) is 14.7. The van der Waals surface area contributed by atoms with Crippen LogP contribution in [0.15, 0.2) is 53.6 Å². The molecular weight excluding hydrogens is 405 g/mol. The highest BCUT2D eigenvalue weighted by Crippen LogP contribution is 2.21. The lowest BCUT2D eigenvalue weighted by molar-refractivity contribution is 0.568. The van der Waals surface area contributed by atoms with Crippen molar-refractivity contribution >= 4 is 41.3 Å². The van der Waals surface area contributed by atoms with E-state index < -0.39 is 0 Å². The summed E-state index contributed by atoms with van der Waals surface area (Å²) in [5.41, 5.74) is 4.40. The van der Waals surface area contributed by atoms with Gasteiger partial charge in [0.1, 0.15) is 5.82 Å². The lowest BCUT2D eigenvalue weighted by atomic mass is 10.1. The van der Waals surface area contributed by atoms with Crippen molar-refractivity contribution in [3.8, 4) is 0 Å². The fraction of sp³-hybridized carbons (Fsp3) is 0.238. The summed E-state index contributed by atoms with van der Waals surface area (Å²) in [5.74, 6) is 0.948. The Bertz CT molecular complexity index is 1020. The number of hydrogen-bond donors (Lipinski definition) is 2. The zero-order valence-electron chi connectivity index (χ0n) is 16.2. The van der Waals surface area contributed by atoms with Crippen LogP contribution in [0.1, 0.15) is 24.8 Å². The maximum Gasteiger partial charge on any atom is 0.250 e. The highest BCUT2D eigenvalue weighted by molar-refractivity contribution is 6.30. The average molecular weight is 426 g/mol. The first-order valence-electron chi connectivity index (χ1n) is 9.74. The summed E-state index contributed by atoms with van der Waals surface area (Å²) in [6.45, 7) is 1.79. The lowest BCUT2D eigenvalue weighted by Gasteiger charge is -2.26. The average Bonchev–Trinajstić information content (AvgIpc) is 2.76. The summed E-state index contributed by atoms with van der Waals surface area (Å²) in [7, 11) is 0. The van der Waals surface area contributed by atoms with Crippen molar-refractivity contribution in [2.75, 3.05) is 28.7 Å². The van der Waals surface area contributed by atoms with E-state index in [-0.39, 0.29) is 5.82 Å². The zero-order chi connectivity index (χ0) is 20.8. The molecule has 2 N–H and O–H groups in total. The molecule has 7 nitrogen and oxygen atoms in total. The summed E-state index contributed by atoms with van der Waals surface area (Å²) in [6.07, 6.45) is 5.05. The van der Waals surface area contributed by atoms with E-state index >= 15 is 0 Å². The van der Waals surface area contributed by atoms with E-state index in [1.54, 1.807) is 30.5 Å².